The van der Waals surface area contributed by atoms with Crippen LogP contribution in [0, 0.1) is 0 Å². The fraction of sp³-hybridized carbons (Fsp3) is 0.667. The first kappa shape index (κ1) is 13.7. The molecule has 0 aromatic rings. The molecule has 0 saturated carbocycles. The van der Waals surface area contributed by atoms with Crippen molar-refractivity contribution in [2.24, 2.45) is 0 Å². The zero-order chi connectivity index (χ0) is 12.8. The Hall–Kier alpha value is -1.36. The van der Waals surface area contributed by atoms with E-state index in [0.717, 1.165) is 6.42 Å². The number of aliphatic carboxylic acids is 1. The lowest BCUT2D eigenvalue weighted by Crippen LogP contribution is -2.45. The highest BCUT2D eigenvalue weighted by atomic mass is 16.5. The van der Waals surface area contributed by atoms with Gasteiger partial charge >= 0.3 is 5.97 Å². The predicted octanol–water partition coefficient (Wildman–Crippen LogP) is 1.09. The first-order chi connectivity index (χ1) is 8.04. The van der Waals surface area contributed by atoms with Gasteiger partial charge in [-0.15, -0.1) is 0 Å². The monoisotopic (exact) mass is 241 g/mol. The molecular weight excluding hydrogens is 222 g/mol. The number of ether oxygens (including phenoxy) is 1. The summed E-state index contributed by atoms with van der Waals surface area (Å²) in [6, 6.07) is -0.877. The molecular formula is C12H19NO4. The Bertz CT molecular complexity index is 314. The Morgan fingerprint density at radius 1 is 1.53 bits per heavy atom. The molecule has 17 heavy (non-hydrogen) atoms. The summed E-state index contributed by atoms with van der Waals surface area (Å²) >= 11 is 0. The molecule has 1 rings (SSSR count). The van der Waals surface area contributed by atoms with Crippen molar-refractivity contribution >= 4 is 11.9 Å². The maximum Gasteiger partial charge on any atom is 0.326 e. The summed E-state index contributed by atoms with van der Waals surface area (Å²) in [7, 11) is 0. The molecule has 0 bridgehead atoms. The number of allylic oxidation sites excluding steroid dienone is 1. The van der Waals surface area contributed by atoms with E-state index in [-0.39, 0.29) is 12.0 Å². The second-order valence-corrected chi connectivity index (χ2v) is 4.22. The van der Waals surface area contributed by atoms with Crippen molar-refractivity contribution in [3.63, 3.8) is 0 Å². The Morgan fingerprint density at radius 3 is 2.71 bits per heavy atom. The highest BCUT2D eigenvalue weighted by Gasteiger charge is 2.30. The standard InChI is InChI=1S/C12H19NO4/c1-3-4-5-9(12(15)16)13-11(14)10-7-6-8(2)17-10/h3-4,8-10H,5-7H2,1-2H3,(H,13,14)(H,15,16)/b4-3+. The molecule has 0 aromatic heterocycles. The third-order valence-corrected chi connectivity index (χ3v) is 2.75. The van der Waals surface area contributed by atoms with Crippen LogP contribution in [0.15, 0.2) is 12.2 Å². The summed E-state index contributed by atoms with van der Waals surface area (Å²) < 4.78 is 5.39. The molecule has 0 aromatic carbocycles. The number of nitrogens with one attached hydrogen (secondary N) is 1. The van der Waals surface area contributed by atoms with Crippen molar-refractivity contribution in [2.45, 2.75) is 51.4 Å². The number of carbonyl (C=O) groups is 2. The average molecular weight is 241 g/mol. The fourth-order valence-corrected chi connectivity index (χ4v) is 1.75. The van der Waals surface area contributed by atoms with Crippen molar-refractivity contribution < 1.29 is 19.4 Å². The summed E-state index contributed by atoms with van der Waals surface area (Å²) in [5.74, 6) is -1.35. The van der Waals surface area contributed by atoms with Gasteiger partial charge in [-0.25, -0.2) is 4.79 Å². The molecule has 0 spiro atoms. The molecule has 1 aliphatic rings. The van der Waals surface area contributed by atoms with Gasteiger partial charge < -0.3 is 15.2 Å². The summed E-state index contributed by atoms with van der Waals surface area (Å²) in [5.41, 5.74) is 0. The van der Waals surface area contributed by atoms with Crippen LogP contribution in [0.1, 0.15) is 33.1 Å². The average Bonchev–Trinajstić information content (AvgIpc) is 2.70. The van der Waals surface area contributed by atoms with Gasteiger partial charge in [0.05, 0.1) is 6.10 Å². The van der Waals surface area contributed by atoms with Crippen LogP contribution < -0.4 is 5.32 Å². The van der Waals surface area contributed by atoms with Gasteiger partial charge in [-0.2, -0.15) is 0 Å². The second kappa shape index (κ2) is 6.39. The third kappa shape index (κ3) is 4.19. The predicted molar refractivity (Wildman–Crippen MR) is 62.6 cm³/mol. The molecule has 96 valence electrons. The van der Waals surface area contributed by atoms with Gasteiger partial charge in [-0.1, -0.05) is 12.2 Å². The number of hydrogen-bond donors (Lipinski definition) is 2. The molecule has 5 heteroatoms. The molecule has 1 aliphatic heterocycles. The van der Waals surface area contributed by atoms with Gasteiger partial charge in [0, 0.05) is 0 Å². The van der Waals surface area contributed by atoms with Gasteiger partial charge in [0.15, 0.2) is 0 Å². The SMILES string of the molecule is C/C=C/CC(NC(=O)C1CCC(C)O1)C(=O)O. The van der Waals surface area contributed by atoms with Crippen LogP contribution in [0.25, 0.3) is 0 Å². The van der Waals surface area contributed by atoms with E-state index in [1.165, 1.54) is 0 Å². The normalized spacial score (nSPS) is 26.0. The van der Waals surface area contributed by atoms with Gasteiger partial charge in [-0.05, 0) is 33.1 Å². The van der Waals surface area contributed by atoms with Crippen LogP contribution in [0.5, 0.6) is 0 Å². The van der Waals surface area contributed by atoms with Crippen molar-refractivity contribution in [2.75, 3.05) is 0 Å². The van der Waals surface area contributed by atoms with Gasteiger partial charge in [0.2, 0.25) is 5.91 Å². The molecule has 0 aliphatic carbocycles. The minimum Gasteiger partial charge on any atom is -0.480 e. The first-order valence-electron chi connectivity index (χ1n) is 5.84. The lowest BCUT2D eigenvalue weighted by atomic mass is 10.1. The van der Waals surface area contributed by atoms with Crippen molar-refractivity contribution in [1.82, 2.24) is 5.32 Å². The van der Waals surface area contributed by atoms with Crippen molar-refractivity contribution in [1.29, 1.82) is 0 Å². The number of amides is 1. The highest BCUT2D eigenvalue weighted by Crippen LogP contribution is 2.19. The minimum atomic E-state index is -1.03. The molecule has 1 saturated heterocycles. The quantitative estimate of drug-likeness (QED) is 0.706. The van der Waals surface area contributed by atoms with E-state index in [1.807, 2.05) is 13.8 Å². The van der Waals surface area contributed by atoms with E-state index in [2.05, 4.69) is 5.32 Å². The van der Waals surface area contributed by atoms with E-state index < -0.39 is 18.1 Å². The molecule has 1 heterocycles. The molecule has 0 radical (unpaired) electrons. The number of carboxylic acids is 1. The van der Waals surface area contributed by atoms with Crippen LogP contribution in [0.2, 0.25) is 0 Å². The molecule has 3 atom stereocenters. The highest BCUT2D eigenvalue weighted by molar-refractivity contribution is 5.86. The zero-order valence-electron chi connectivity index (χ0n) is 10.2. The lowest BCUT2D eigenvalue weighted by Gasteiger charge is -2.16. The van der Waals surface area contributed by atoms with Gasteiger partial charge in [-0.3, -0.25) is 4.79 Å². The number of hydrogen-bond acceptors (Lipinski definition) is 3. The van der Waals surface area contributed by atoms with E-state index in [4.69, 9.17) is 9.84 Å². The molecule has 5 nitrogen and oxygen atoms in total. The fourth-order valence-electron chi connectivity index (χ4n) is 1.75. The van der Waals surface area contributed by atoms with Crippen LogP contribution >= 0.6 is 0 Å². The Morgan fingerprint density at radius 2 is 2.24 bits per heavy atom. The van der Waals surface area contributed by atoms with Gasteiger partial charge in [0.1, 0.15) is 12.1 Å². The lowest BCUT2D eigenvalue weighted by molar-refractivity contribution is -0.143. The minimum absolute atomic E-state index is 0.0737. The van der Waals surface area contributed by atoms with E-state index in [9.17, 15) is 9.59 Å². The Labute approximate surface area is 101 Å². The largest absolute Gasteiger partial charge is 0.480 e. The van der Waals surface area contributed by atoms with Crippen LogP contribution in [-0.4, -0.2) is 35.2 Å². The van der Waals surface area contributed by atoms with E-state index in [0.29, 0.717) is 12.8 Å². The van der Waals surface area contributed by atoms with Crippen LogP contribution in [0.3, 0.4) is 0 Å². The maximum absolute atomic E-state index is 11.7. The summed E-state index contributed by atoms with van der Waals surface area (Å²) in [6.45, 7) is 3.71. The molecule has 1 fully saturated rings. The van der Waals surface area contributed by atoms with E-state index in [1.54, 1.807) is 12.2 Å². The second-order valence-electron chi connectivity index (χ2n) is 4.22. The summed E-state index contributed by atoms with van der Waals surface area (Å²) in [6.07, 6.45) is 4.84. The van der Waals surface area contributed by atoms with Gasteiger partial charge in [0.25, 0.3) is 0 Å². The number of rotatable bonds is 5. The smallest absolute Gasteiger partial charge is 0.326 e. The molecule has 2 N–H and O–H groups in total. The zero-order valence-corrected chi connectivity index (χ0v) is 10.2. The summed E-state index contributed by atoms with van der Waals surface area (Å²) in [5, 5.41) is 11.5. The maximum atomic E-state index is 11.7. The first-order valence-corrected chi connectivity index (χ1v) is 5.84. The van der Waals surface area contributed by atoms with Crippen molar-refractivity contribution in [3.8, 4) is 0 Å². The van der Waals surface area contributed by atoms with E-state index >= 15 is 0 Å². The number of carboxylic acid groups (broad SMARTS) is 1. The Balaban J connectivity index is 2.49. The third-order valence-electron chi connectivity index (χ3n) is 2.75. The summed E-state index contributed by atoms with van der Waals surface area (Å²) in [4.78, 5) is 22.7. The molecule has 3 unspecified atom stereocenters. The Kier molecular flexibility index (Phi) is 5.15. The van der Waals surface area contributed by atoms with Crippen LogP contribution in [-0.2, 0) is 14.3 Å². The van der Waals surface area contributed by atoms with Crippen molar-refractivity contribution in [3.05, 3.63) is 12.2 Å². The van der Waals surface area contributed by atoms with Crippen LogP contribution in [0.4, 0.5) is 0 Å². The topological polar surface area (TPSA) is 75.6 Å². The number of carbonyl (C=O) groups excluding carboxylic acids is 1. The molecule has 1 amide bonds.